The lowest BCUT2D eigenvalue weighted by Gasteiger charge is -2.32. The third-order valence-electron chi connectivity index (χ3n) is 5.39. The summed E-state index contributed by atoms with van der Waals surface area (Å²) in [6, 6.07) is 18.6. The van der Waals surface area contributed by atoms with E-state index in [-0.39, 0.29) is 11.5 Å². The summed E-state index contributed by atoms with van der Waals surface area (Å²) < 4.78 is 11.8. The maximum atomic E-state index is 12.4. The quantitative estimate of drug-likeness (QED) is 0.555. The van der Waals surface area contributed by atoms with Crippen molar-refractivity contribution in [3.05, 3.63) is 82.2 Å². The number of allylic oxidation sites excluding steroid dienone is 1. The Bertz CT molecular complexity index is 1310. The number of rotatable bonds is 3. The molecule has 0 aliphatic carbocycles. The van der Waals surface area contributed by atoms with Crippen molar-refractivity contribution in [3.8, 4) is 17.6 Å². The minimum absolute atomic E-state index is 0.0877. The highest BCUT2D eigenvalue weighted by molar-refractivity contribution is 6.30. The zero-order chi connectivity index (χ0) is 23.0. The van der Waals surface area contributed by atoms with E-state index in [0.717, 1.165) is 21.2 Å². The van der Waals surface area contributed by atoms with Crippen molar-refractivity contribution in [2.24, 2.45) is 0 Å². The Morgan fingerprint density at radius 3 is 2.25 bits per heavy atom. The average molecular weight is 447 g/mol. The Kier molecular flexibility index (Phi) is 5.60. The van der Waals surface area contributed by atoms with Crippen LogP contribution in [-0.2, 0) is 9.59 Å². The molecule has 1 atom stereocenters. The largest absolute Gasteiger partial charge is 0.496 e. The van der Waals surface area contributed by atoms with Gasteiger partial charge in [0, 0.05) is 35.2 Å². The van der Waals surface area contributed by atoms with Crippen LogP contribution in [0.1, 0.15) is 30.9 Å². The fourth-order valence-electron chi connectivity index (χ4n) is 4.05. The molecule has 160 valence electrons. The molecular weight excluding hydrogens is 428 g/mol. The first-order chi connectivity index (χ1) is 15.4. The van der Waals surface area contributed by atoms with Crippen molar-refractivity contribution in [1.82, 2.24) is 4.90 Å². The summed E-state index contributed by atoms with van der Waals surface area (Å²) in [4.78, 5) is 25.6. The van der Waals surface area contributed by atoms with Gasteiger partial charge in [0.2, 0.25) is 17.7 Å². The highest BCUT2D eigenvalue weighted by Crippen LogP contribution is 2.49. The lowest BCUT2D eigenvalue weighted by Crippen LogP contribution is -2.37. The second-order valence-corrected chi connectivity index (χ2v) is 7.77. The SMILES string of the molecule is COc1cc2c(c3ccccc13)OC(N(C(C)=O)C(C)=O)=C(C#N)C2c1ccc(Cl)cc1. The van der Waals surface area contributed by atoms with Crippen molar-refractivity contribution >= 4 is 34.2 Å². The van der Waals surface area contributed by atoms with E-state index in [1.54, 1.807) is 19.2 Å². The normalized spacial score (nSPS) is 14.9. The van der Waals surface area contributed by atoms with E-state index in [9.17, 15) is 14.9 Å². The van der Waals surface area contributed by atoms with E-state index in [4.69, 9.17) is 21.1 Å². The second-order valence-electron chi connectivity index (χ2n) is 7.33. The number of halogens is 1. The summed E-state index contributed by atoms with van der Waals surface area (Å²) in [5, 5.41) is 12.2. The molecule has 0 spiro atoms. The van der Waals surface area contributed by atoms with Gasteiger partial charge in [-0.1, -0.05) is 48.0 Å². The number of imide groups is 1. The van der Waals surface area contributed by atoms with Gasteiger partial charge in [-0.15, -0.1) is 0 Å². The Balaban J connectivity index is 2.10. The molecule has 0 saturated heterocycles. The maximum absolute atomic E-state index is 12.4. The topological polar surface area (TPSA) is 79.6 Å². The van der Waals surface area contributed by atoms with Crippen LogP contribution < -0.4 is 9.47 Å². The highest BCUT2D eigenvalue weighted by atomic mass is 35.5. The van der Waals surface area contributed by atoms with Crippen molar-refractivity contribution in [3.63, 3.8) is 0 Å². The van der Waals surface area contributed by atoms with Crippen LogP contribution in [-0.4, -0.2) is 23.8 Å². The Morgan fingerprint density at radius 1 is 1.06 bits per heavy atom. The minimum Gasteiger partial charge on any atom is -0.496 e. The molecule has 7 heteroatoms. The molecule has 0 fully saturated rings. The molecule has 0 aromatic heterocycles. The van der Waals surface area contributed by atoms with E-state index in [1.807, 2.05) is 42.5 Å². The molecule has 0 radical (unpaired) electrons. The van der Waals surface area contributed by atoms with Gasteiger partial charge in [-0.25, -0.2) is 4.90 Å². The predicted molar refractivity (Wildman–Crippen MR) is 120 cm³/mol. The zero-order valence-corrected chi connectivity index (χ0v) is 18.4. The number of hydrogen-bond donors (Lipinski definition) is 0. The van der Waals surface area contributed by atoms with Crippen molar-refractivity contribution < 1.29 is 19.1 Å². The van der Waals surface area contributed by atoms with Crippen LogP contribution >= 0.6 is 11.6 Å². The molecular formula is C25H19ClN2O4. The summed E-state index contributed by atoms with van der Waals surface area (Å²) in [5.41, 5.74) is 1.59. The van der Waals surface area contributed by atoms with Crippen molar-refractivity contribution in [2.45, 2.75) is 19.8 Å². The first-order valence-electron chi connectivity index (χ1n) is 9.85. The number of methoxy groups -OCH3 is 1. The summed E-state index contributed by atoms with van der Waals surface area (Å²) in [6.45, 7) is 2.51. The van der Waals surface area contributed by atoms with Crippen LogP contribution in [0.15, 0.2) is 66.1 Å². The minimum atomic E-state index is -0.601. The van der Waals surface area contributed by atoms with Crippen LogP contribution in [0, 0.1) is 11.3 Å². The standard InChI is InChI=1S/C25H19ClN2O4/c1-14(29)28(15(2)30)25-21(13-27)23(16-8-10-17(26)11-9-16)20-12-22(31-3)18-6-4-5-7-19(18)24(20)32-25/h4-12,23H,1-3H3. The monoisotopic (exact) mass is 446 g/mol. The van der Waals surface area contributed by atoms with Crippen LogP contribution in [0.4, 0.5) is 0 Å². The number of hydrogen-bond acceptors (Lipinski definition) is 5. The predicted octanol–water partition coefficient (Wildman–Crippen LogP) is 5.16. The number of amides is 2. The third kappa shape index (κ3) is 3.47. The lowest BCUT2D eigenvalue weighted by molar-refractivity contribution is -0.141. The molecule has 4 rings (SSSR count). The van der Waals surface area contributed by atoms with E-state index in [0.29, 0.717) is 22.1 Å². The Hall–Kier alpha value is -3.82. The average Bonchev–Trinajstić information content (AvgIpc) is 2.78. The first kappa shape index (κ1) is 21.4. The number of nitrogens with zero attached hydrogens (tertiary/aromatic N) is 2. The smallest absolute Gasteiger partial charge is 0.233 e. The zero-order valence-electron chi connectivity index (χ0n) is 17.7. The van der Waals surface area contributed by atoms with Crippen molar-refractivity contribution in [2.75, 3.05) is 7.11 Å². The number of ether oxygens (including phenoxy) is 2. The summed E-state index contributed by atoms with van der Waals surface area (Å²) in [6.07, 6.45) is 0. The fraction of sp³-hybridized carbons (Fsp3) is 0.160. The molecule has 1 heterocycles. The van der Waals surface area contributed by atoms with Gasteiger partial charge in [0.15, 0.2) is 0 Å². The molecule has 6 nitrogen and oxygen atoms in total. The summed E-state index contributed by atoms with van der Waals surface area (Å²) >= 11 is 6.09. The number of benzene rings is 3. The van der Waals surface area contributed by atoms with Gasteiger partial charge in [-0.2, -0.15) is 5.26 Å². The van der Waals surface area contributed by atoms with Gasteiger partial charge in [-0.3, -0.25) is 9.59 Å². The molecule has 1 aliphatic heterocycles. The van der Waals surface area contributed by atoms with Crippen LogP contribution in [0.5, 0.6) is 11.5 Å². The van der Waals surface area contributed by atoms with Gasteiger partial charge >= 0.3 is 0 Å². The fourth-order valence-corrected chi connectivity index (χ4v) is 4.18. The molecule has 0 bridgehead atoms. The second kappa shape index (κ2) is 8.37. The van der Waals surface area contributed by atoms with E-state index < -0.39 is 17.7 Å². The highest BCUT2D eigenvalue weighted by Gasteiger charge is 2.38. The number of nitriles is 1. The van der Waals surface area contributed by atoms with E-state index >= 15 is 0 Å². The molecule has 1 unspecified atom stereocenters. The summed E-state index contributed by atoms with van der Waals surface area (Å²) in [5.74, 6) is -0.695. The third-order valence-corrected chi connectivity index (χ3v) is 5.64. The van der Waals surface area contributed by atoms with Crippen LogP contribution in [0.2, 0.25) is 5.02 Å². The Labute approximate surface area is 190 Å². The van der Waals surface area contributed by atoms with Crippen LogP contribution in [0.3, 0.4) is 0 Å². The molecule has 0 saturated carbocycles. The molecule has 2 amide bonds. The summed E-state index contributed by atoms with van der Waals surface area (Å²) in [7, 11) is 1.58. The molecule has 3 aromatic rings. The molecule has 32 heavy (non-hydrogen) atoms. The first-order valence-corrected chi connectivity index (χ1v) is 10.2. The molecule has 3 aromatic carbocycles. The van der Waals surface area contributed by atoms with E-state index in [2.05, 4.69) is 6.07 Å². The Morgan fingerprint density at radius 2 is 1.69 bits per heavy atom. The van der Waals surface area contributed by atoms with Gasteiger partial charge in [0.1, 0.15) is 23.1 Å². The van der Waals surface area contributed by atoms with Crippen molar-refractivity contribution in [1.29, 1.82) is 5.26 Å². The molecule has 0 N–H and O–H groups in total. The van der Waals surface area contributed by atoms with Gasteiger partial charge in [0.05, 0.1) is 13.0 Å². The lowest BCUT2D eigenvalue weighted by atomic mass is 9.82. The van der Waals surface area contributed by atoms with Gasteiger partial charge in [-0.05, 0) is 23.8 Å². The van der Waals surface area contributed by atoms with Gasteiger partial charge < -0.3 is 9.47 Å². The number of carbonyl (C=O) groups excluding carboxylic acids is 2. The van der Waals surface area contributed by atoms with Gasteiger partial charge in [0.25, 0.3) is 0 Å². The maximum Gasteiger partial charge on any atom is 0.233 e. The van der Waals surface area contributed by atoms with E-state index in [1.165, 1.54) is 13.8 Å². The molecule has 1 aliphatic rings. The van der Waals surface area contributed by atoms with Crippen LogP contribution in [0.25, 0.3) is 10.8 Å². The number of carbonyl (C=O) groups is 2. The number of fused-ring (bicyclic) bond motifs is 3.